The zero-order chi connectivity index (χ0) is 24.2. The third-order valence-corrected chi connectivity index (χ3v) is 6.06. The van der Waals surface area contributed by atoms with E-state index in [1.807, 2.05) is 6.07 Å². The van der Waals surface area contributed by atoms with Crippen LogP contribution in [0.2, 0.25) is 5.02 Å². The molecule has 0 aliphatic carbocycles. The zero-order valence-electron chi connectivity index (χ0n) is 18.6. The number of aromatic nitrogens is 1. The lowest BCUT2D eigenvalue weighted by Gasteiger charge is -2.27. The van der Waals surface area contributed by atoms with Gasteiger partial charge in [0.15, 0.2) is 5.78 Å². The minimum absolute atomic E-state index is 0.156. The summed E-state index contributed by atoms with van der Waals surface area (Å²) in [5, 5.41) is 0.520. The van der Waals surface area contributed by atoms with E-state index in [-0.39, 0.29) is 6.54 Å². The van der Waals surface area contributed by atoms with Crippen LogP contribution in [0.15, 0.2) is 79.6 Å². The number of pyridine rings is 1. The number of aryl methyl sites for hydroxylation is 1. The van der Waals surface area contributed by atoms with Crippen molar-refractivity contribution in [2.75, 3.05) is 6.61 Å². The maximum absolute atomic E-state index is 13.7. The molecule has 0 bridgehead atoms. The van der Waals surface area contributed by atoms with Gasteiger partial charge in [-0.1, -0.05) is 42.5 Å². The highest BCUT2D eigenvalue weighted by Gasteiger charge is 2.51. The Kier molecular flexibility index (Phi) is 6.89. The topological polar surface area (TPSA) is 76.6 Å². The fraction of sp³-hybridized carbons (Fsp3) is 0.185. The lowest BCUT2D eigenvalue weighted by molar-refractivity contribution is -0.141. The molecule has 1 fully saturated rings. The van der Waals surface area contributed by atoms with Crippen molar-refractivity contribution in [2.45, 2.75) is 19.5 Å². The molecule has 1 amide bonds. The number of benzene rings is 2. The van der Waals surface area contributed by atoms with E-state index in [0.29, 0.717) is 34.1 Å². The lowest BCUT2D eigenvalue weighted by atomic mass is 9.85. The van der Waals surface area contributed by atoms with Crippen LogP contribution in [-0.4, -0.2) is 34.0 Å². The van der Waals surface area contributed by atoms with Gasteiger partial charge in [-0.05, 0) is 60.0 Å². The average molecular weight is 475 g/mol. The Morgan fingerprint density at radius 1 is 1.18 bits per heavy atom. The SMILES string of the molecule is C=CCOc1ccc(C(=O)C2C(=O)C(=O)N(Cc3cccnc3)C2c2ccc(Cl)cc2)c(C)c1. The Labute approximate surface area is 202 Å². The molecule has 1 aliphatic rings. The van der Waals surface area contributed by atoms with Gasteiger partial charge in [0.2, 0.25) is 5.78 Å². The standard InChI is InChI=1S/C27H23ClN2O4/c1-3-13-34-21-10-11-22(17(2)14-21)25(31)23-24(19-6-8-20(28)9-7-19)30(27(33)26(23)32)16-18-5-4-12-29-15-18/h3-12,14-15,23-24H,1,13,16H2,2H3. The minimum Gasteiger partial charge on any atom is -0.490 e. The number of ether oxygens (including phenoxy) is 1. The first-order chi connectivity index (χ1) is 16.4. The number of rotatable bonds is 8. The highest BCUT2D eigenvalue weighted by Crippen LogP contribution is 2.40. The van der Waals surface area contributed by atoms with Crippen molar-refractivity contribution in [2.24, 2.45) is 5.92 Å². The largest absolute Gasteiger partial charge is 0.490 e. The monoisotopic (exact) mass is 474 g/mol. The molecule has 1 aromatic heterocycles. The molecule has 0 saturated carbocycles. The molecule has 34 heavy (non-hydrogen) atoms. The summed E-state index contributed by atoms with van der Waals surface area (Å²) in [6.45, 7) is 5.90. The summed E-state index contributed by atoms with van der Waals surface area (Å²) in [7, 11) is 0. The number of hydrogen-bond acceptors (Lipinski definition) is 5. The Hall–Kier alpha value is -3.77. The second kappa shape index (κ2) is 10.0. The molecule has 2 unspecified atom stereocenters. The van der Waals surface area contributed by atoms with E-state index in [1.165, 1.54) is 4.90 Å². The number of hydrogen-bond donors (Lipinski definition) is 0. The third-order valence-electron chi connectivity index (χ3n) is 5.81. The van der Waals surface area contributed by atoms with Crippen molar-refractivity contribution in [3.63, 3.8) is 0 Å². The minimum atomic E-state index is -1.18. The molecule has 4 rings (SSSR count). The Morgan fingerprint density at radius 2 is 1.94 bits per heavy atom. The maximum atomic E-state index is 13.7. The summed E-state index contributed by atoms with van der Waals surface area (Å²) in [5.74, 6) is -2.40. The molecule has 172 valence electrons. The van der Waals surface area contributed by atoms with Crippen molar-refractivity contribution >= 4 is 29.1 Å². The van der Waals surface area contributed by atoms with Gasteiger partial charge in [0.05, 0.1) is 6.04 Å². The summed E-state index contributed by atoms with van der Waals surface area (Å²) < 4.78 is 5.54. The molecule has 0 spiro atoms. The maximum Gasteiger partial charge on any atom is 0.291 e. The van der Waals surface area contributed by atoms with E-state index in [0.717, 1.165) is 5.56 Å². The van der Waals surface area contributed by atoms with E-state index in [2.05, 4.69) is 11.6 Å². The van der Waals surface area contributed by atoms with Crippen LogP contribution >= 0.6 is 11.6 Å². The zero-order valence-corrected chi connectivity index (χ0v) is 19.4. The second-order valence-electron chi connectivity index (χ2n) is 8.07. The molecule has 0 N–H and O–H groups in total. The summed E-state index contributed by atoms with van der Waals surface area (Å²) in [6.07, 6.45) is 4.90. The molecular weight excluding hydrogens is 452 g/mol. The van der Waals surface area contributed by atoms with Gasteiger partial charge in [-0.3, -0.25) is 19.4 Å². The van der Waals surface area contributed by atoms with Gasteiger partial charge < -0.3 is 9.64 Å². The van der Waals surface area contributed by atoms with Crippen LogP contribution < -0.4 is 4.74 Å². The summed E-state index contributed by atoms with van der Waals surface area (Å²) in [4.78, 5) is 45.6. The van der Waals surface area contributed by atoms with Crippen molar-refractivity contribution < 1.29 is 19.1 Å². The molecule has 1 aliphatic heterocycles. The van der Waals surface area contributed by atoms with Gasteiger partial charge in [0.25, 0.3) is 5.91 Å². The average Bonchev–Trinajstić information content (AvgIpc) is 3.08. The van der Waals surface area contributed by atoms with E-state index >= 15 is 0 Å². The number of likely N-dealkylation sites (tertiary alicyclic amines) is 1. The summed E-state index contributed by atoms with van der Waals surface area (Å²) in [5.41, 5.74) is 2.46. The predicted molar refractivity (Wildman–Crippen MR) is 129 cm³/mol. The van der Waals surface area contributed by atoms with Crippen molar-refractivity contribution in [3.8, 4) is 5.75 Å². The van der Waals surface area contributed by atoms with Crippen LogP contribution in [-0.2, 0) is 16.1 Å². The normalized spacial score (nSPS) is 17.6. The molecule has 2 heterocycles. The van der Waals surface area contributed by atoms with Crippen molar-refractivity contribution in [1.82, 2.24) is 9.88 Å². The molecule has 0 radical (unpaired) electrons. The Morgan fingerprint density at radius 3 is 2.59 bits per heavy atom. The lowest BCUT2D eigenvalue weighted by Crippen LogP contribution is -2.30. The number of ketones is 2. The molecule has 2 atom stereocenters. The van der Waals surface area contributed by atoms with Crippen molar-refractivity contribution in [1.29, 1.82) is 0 Å². The fourth-order valence-electron chi connectivity index (χ4n) is 4.20. The number of halogens is 1. The first-order valence-corrected chi connectivity index (χ1v) is 11.2. The molecule has 7 heteroatoms. The van der Waals surface area contributed by atoms with E-state index in [9.17, 15) is 14.4 Å². The van der Waals surface area contributed by atoms with Crippen LogP contribution in [0.25, 0.3) is 0 Å². The van der Waals surface area contributed by atoms with Crippen LogP contribution in [0.4, 0.5) is 0 Å². The summed E-state index contributed by atoms with van der Waals surface area (Å²) in [6, 6.07) is 14.7. The van der Waals surface area contributed by atoms with Gasteiger partial charge in [0, 0.05) is 29.5 Å². The van der Waals surface area contributed by atoms with Gasteiger partial charge in [-0.25, -0.2) is 0 Å². The van der Waals surface area contributed by atoms with Crippen LogP contribution in [0.5, 0.6) is 5.75 Å². The van der Waals surface area contributed by atoms with Gasteiger partial charge in [0.1, 0.15) is 18.3 Å². The molecule has 2 aromatic carbocycles. The number of Topliss-reactive ketones (excluding diaryl/α,β-unsaturated/α-hetero) is 2. The predicted octanol–water partition coefficient (Wildman–Crippen LogP) is 4.76. The Bertz CT molecular complexity index is 1240. The quantitative estimate of drug-likeness (QED) is 0.203. The van der Waals surface area contributed by atoms with Gasteiger partial charge in [-0.15, -0.1) is 0 Å². The number of nitrogens with zero attached hydrogens (tertiary/aromatic N) is 2. The van der Waals surface area contributed by atoms with Crippen LogP contribution in [0, 0.1) is 12.8 Å². The number of carbonyl (C=O) groups excluding carboxylic acids is 3. The highest BCUT2D eigenvalue weighted by molar-refractivity contribution is 6.44. The fourth-order valence-corrected chi connectivity index (χ4v) is 4.33. The van der Waals surface area contributed by atoms with Gasteiger partial charge in [-0.2, -0.15) is 0 Å². The van der Waals surface area contributed by atoms with Crippen molar-refractivity contribution in [3.05, 3.63) is 107 Å². The molecular formula is C27H23ClN2O4. The van der Waals surface area contributed by atoms with E-state index in [4.69, 9.17) is 16.3 Å². The Balaban J connectivity index is 1.74. The number of carbonyl (C=O) groups is 3. The first kappa shape index (κ1) is 23.4. The highest BCUT2D eigenvalue weighted by atomic mass is 35.5. The third kappa shape index (κ3) is 4.63. The smallest absolute Gasteiger partial charge is 0.291 e. The molecule has 1 saturated heterocycles. The van der Waals surface area contributed by atoms with Crippen LogP contribution in [0.3, 0.4) is 0 Å². The van der Waals surface area contributed by atoms with Crippen LogP contribution in [0.1, 0.15) is 33.1 Å². The van der Waals surface area contributed by atoms with Gasteiger partial charge >= 0.3 is 0 Å². The van der Waals surface area contributed by atoms with E-state index < -0.39 is 29.4 Å². The second-order valence-corrected chi connectivity index (χ2v) is 8.51. The number of amides is 1. The van der Waals surface area contributed by atoms with E-state index in [1.54, 1.807) is 73.9 Å². The molecule has 3 aromatic rings. The molecule has 6 nitrogen and oxygen atoms in total. The first-order valence-electron chi connectivity index (χ1n) is 10.8. The summed E-state index contributed by atoms with van der Waals surface area (Å²) >= 11 is 6.07.